The number of nitrogens with zero attached hydrogens (tertiary/aromatic N) is 1. The Morgan fingerprint density at radius 1 is 1.06 bits per heavy atom. The zero-order valence-electron chi connectivity index (χ0n) is 10.0. The molecule has 4 nitrogen and oxygen atoms in total. The van der Waals surface area contributed by atoms with Crippen LogP contribution in [0, 0.1) is 0 Å². The van der Waals surface area contributed by atoms with E-state index < -0.39 is 5.91 Å². The van der Waals surface area contributed by atoms with Crippen LogP contribution in [-0.4, -0.2) is 34.8 Å². The number of amides is 2. The molecule has 16 heavy (non-hydrogen) atoms. The second kappa shape index (κ2) is 4.44. The molecule has 2 unspecified atom stereocenters. The minimum absolute atomic E-state index is 0.196. The van der Waals surface area contributed by atoms with Crippen LogP contribution in [0.1, 0.15) is 46.0 Å². The maximum absolute atomic E-state index is 12.0. The Morgan fingerprint density at radius 2 is 1.62 bits per heavy atom. The van der Waals surface area contributed by atoms with Crippen LogP contribution in [0.15, 0.2) is 0 Å². The van der Waals surface area contributed by atoms with Gasteiger partial charge in [-0.05, 0) is 46.0 Å². The molecule has 0 radical (unpaired) electrons. The number of hydrogen-bond donors (Lipinski definition) is 1. The van der Waals surface area contributed by atoms with Crippen LogP contribution in [0.3, 0.4) is 0 Å². The summed E-state index contributed by atoms with van der Waals surface area (Å²) in [4.78, 5) is 25.4. The standard InChI is InChI=1S/C12H20N2O2/c1-8-4-3-5-9(2)14(8)12(16)11(15)13-10-6-7-10/h8-10H,3-7H2,1-2H3,(H,13,15). The van der Waals surface area contributed by atoms with Gasteiger partial charge in [0.25, 0.3) is 0 Å². The van der Waals surface area contributed by atoms with Gasteiger partial charge in [0.05, 0.1) is 0 Å². The lowest BCUT2D eigenvalue weighted by atomic mass is 9.97. The average molecular weight is 224 g/mol. The molecule has 2 rings (SSSR count). The van der Waals surface area contributed by atoms with Crippen molar-refractivity contribution in [2.75, 3.05) is 0 Å². The summed E-state index contributed by atoms with van der Waals surface area (Å²) in [5.74, 6) is -0.755. The summed E-state index contributed by atoms with van der Waals surface area (Å²) in [5, 5.41) is 2.76. The largest absolute Gasteiger partial charge is 0.345 e. The lowest BCUT2D eigenvalue weighted by Crippen LogP contribution is -2.53. The number of carbonyl (C=O) groups excluding carboxylic acids is 2. The molecular weight excluding hydrogens is 204 g/mol. The third-order valence-corrected chi connectivity index (χ3v) is 3.53. The molecule has 1 heterocycles. The van der Waals surface area contributed by atoms with E-state index >= 15 is 0 Å². The van der Waals surface area contributed by atoms with Crippen LogP contribution < -0.4 is 5.32 Å². The predicted octanol–water partition coefficient (Wildman–Crippen LogP) is 1.05. The van der Waals surface area contributed by atoms with Gasteiger partial charge in [0.1, 0.15) is 0 Å². The van der Waals surface area contributed by atoms with Gasteiger partial charge < -0.3 is 10.2 Å². The first kappa shape index (κ1) is 11.4. The average Bonchev–Trinajstić information content (AvgIpc) is 3.01. The van der Waals surface area contributed by atoms with Gasteiger partial charge in [-0.2, -0.15) is 0 Å². The van der Waals surface area contributed by atoms with Crippen LogP contribution in [0.5, 0.6) is 0 Å². The molecule has 1 N–H and O–H groups in total. The number of nitrogens with one attached hydrogen (secondary N) is 1. The van der Waals surface area contributed by atoms with Crippen molar-refractivity contribution in [3.05, 3.63) is 0 Å². The summed E-state index contributed by atoms with van der Waals surface area (Å²) in [6.45, 7) is 4.05. The van der Waals surface area contributed by atoms with E-state index in [0.717, 1.165) is 32.1 Å². The van der Waals surface area contributed by atoms with Gasteiger partial charge >= 0.3 is 11.8 Å². The second-order valence-electron chi connectivity index (χ2n) is 5.09. The van der Waals surface area contributed by atoms with E-state index in [1.807, 2.05) is 13.8 Å². The van der Waals surface area contributed by atoms with Gasteiger partial charge in [-0.25, -0.2) is 0 Å². The van der Waals surface area contributed by atoms with Gasteiger partial charge in [-0.3, -0.25) is 9.59 Å². The Morgan fingerprint density at radius 3 is 2.12 bits per heavy atom. The Hall–Kier alpha value is -1.06. The van der Waals surface area contributed by atoms with Gasteiger partial charge in [-0.15, -0.1) is 0 Å². The SMILES string of the molecule is CC1CCCC(C)N1C(=O)C(=O)NC1CC1. The maximum Gasteiger partial charge on any atom is 0.312 e. The summed E-state index contributed by atoms with van der Waals surface area (Å²) in [6.07, 6.45) is 5.20. The molecule has 2 aliphatic rings. The number of hydrogen-bond acceptors (Lipinski definition) is 2. The highest BCUT2D eigenvalue weighted by molar-refractivity contribution is 6.35. The molecular formula is C12H20N2O2. The molecule has 0 bridgehead atoms. The van der Waals surface area contributed by atoms with Crippen LogP contribution in [0.4, 0.5) is 0 Å². The van der Waals surface area contributed by atoms with Crippen molar-refractivity contribution in [2.45, 2.75) is 64.1 Å². The van der Waals surface area contributed by atoms with E-state index in [-0.39, 0.29) is 24.0 Å². The molecule has 0 spiro atoms. The third kappa shape index (κ3) is 2.36. The first-order chi connectivity index (χ1) is 7.59. The summed E-state index contributed by atoms with van der Waals surface area (Å²) < 4.78 is 0. The summed E-state index contributed by atoms with van der Waals surface area (Å²) >= 11 is 0. The van der Waals surface area contributed by atoms with E-state index in [4.69, 9.17) is 0 Å². The van der Waals surface area contributed by atoms with Gasteiger partial charge in [0.2, 0.25) is 0 Å². The number of rotatable bonds is 1. The van der Waals surface area contributed by atoms with E-state index in [0.29, 0.717) is 0 Å². The predicted molar refractivity (Wildman–Crippen MR) is 60.8 cm³/mol. The van der Waals surface area contributed by atoms with Crippen LogP contribution in [0.25, 0.3) is 0 Å². The first-order valence-electron chi connectivity index (χ1n) is 6.22. The van der Waals surface area contributed by atoms with E-state index in [1.165, 1.54) is 0 Å². The highest BCUT2D eigenvalue weighted by atomic mass is 16.2. The molecule has 1 aliphatic heterocycles. The molecule has 0 aromatic heterocycles. The van der Waals surface area contributed by atoms with Crippen molar-refractivity contribution < 1.29 is 9.59 Å². The molecule has 2 fully saturated rings. The maximum atomic E-state index is 12.0. The summed E-state index contributed by atoms with van der Waals surface area (Å²) in [5.41, 5.74) is 0. The van der Waals surface area contributed by atoms with Gasteiger partial charge in [-0.1, -0.05) is 0 Å². The normalized spacial score (nSPS) is 30.0. The molecule has 4 heteroatoms. The van der Waals surface area contributed by atoms with Crippen molar-refractivity contribution in [1.82, 2.24) is 10.2 Å². The second-order valence-corrected chi connectivity index (χ2v) is 5.09. The van der Waals surface area contributed by atoms with Crippen LogP contribution in [0.2, 0.25) is 0 Å². The minimum atomic E-state index is -0.414. The quantitative estimate of drug-likeness (QED) is 0.677. The Labute approximate surface area is 96.4 Å². The molecule has 90 valence electrons. The zero-order chi connectivity index (χ0) is 11.7. The monoisotopic (exact) mass is 224 g/mol. The zero-order valence-corrected chi connectivity index (χ0v) is 10.0. The lowest BCUT2D eigenvalue weighted by Gasteiger charge is -2.38. The van der Waals surface area contributed by atoms with Crippen LogP contribution >= 0.6 is 0 Å². The van der Waals surface area contributed by atoms with Crippen LogP contribution in [-0.2, 0) is 9.59 Å². The third-order valence-electron chi connectivity index (χ3n) is 3.53. The van der Waals surface area contributed by atoms with Crippen molar-refractivity contribution in [3.63, 3.8) is 0 Å². The molecule has 1 aliphatic carbocycles. The smallest absolute Gasteiger partial charge is 0.312 e. The van der Waals surface area contributed by atoms with E-state index in [2.05, 4.69) is 5.32 Å². The number of carbonyl (C=O) groups is 2. The Balaban J connectivity index is 1.97. The Bertz CT molecular complexity index is 289. The van der Waals surface area contributed by atoms with Crippen molar-refractivity contribution in [2.24, 2.45) is 0 Å². The van der Waals surface area contributed by atoms with Crippen molar-refractivity contribution in [1.29, 1.82) is 0 Å². The highest BCUT2D eigenvalue weighted by Gasteiger charge is 2.34. The molecule has 1 saturated heterocycles. The molecule has 2 atom stereocenters. The van der Waals surface area contributed by atoms with E-state index in [9.17, 15) is 9.59 Å². The highest BCUT2D eigenvalue weighted by Crippen LogP contribution is 2.23. The molecule has 0 aromatic carbocycles. The molecule has 0 aromatic rings. The van der Waals surface area contributed by atoms with Gasteiger partial charge in [0.15, 0.2) is 0 Å². The fourth-order valence-corrected chi connectivity index (χ4v) is 2.41. The van der Waals surface area contributed by atoms with Crippen molar-refractivity contribution >= 4 is 11.8 Å². The van der Waals surface area contributed by atoms with E-state index in [1.54, 1.807) is 4.90 Å². The van der Waals surface area contributed by atoms with Crippen molar-refractivity contribution in [3.8, 4) is 0 Å². The molecule has 2 amide bonds. The fourth-order valence-electron chi connectivity index (χ4n) is 2.41. The number of likely N-dealkylation sites (tertiary alicyclic amines) is 1. The summed E-state index contributed by atoms with van der Waals surface area (Å²) in [7, 11) is 0. The number of piperidine rings is 1. The summed E-state index contributed by atoms with van der Waals surface area (Å²) in [6, 6.07) is 0.647. The lowest BCUT2D eigenvalue weighted by molar-refractivity contribution is -0.150. The first-order valence-corrected chi connectivity index (χ1v) is 6.22. The molecule has 1 saturated carbocycles. The van der Waals surface area contributed by atoms with Gasteiger partial charge in [0, 0.05) is 18.1 Å². The minimum Gasteiger partial charge on any atom is -0.345 e. The Kier molecular flexibility index (Phi) is 3.17. The topological polar surface area (TPSA) is 49.4 Å². The fraction of sp³-hybridized carbons (Fsp3) is 0.833.